The van der Waals surface area contributed by atoms with Crippen molar-refractivity contribution in [1.29, 1.82) is 0 Å². The Bertz CT molecular complexity index is 1200. The monoisotopic (exact) mass is 459 g/mol. The van der Waals surface area contributed by atoms with Gasteiger partial charge in [0.2, 0.25) is 5.75 Å². The molecular weight excluding hydrogens is 443 g/mol. The number of hydrazone groups is 1. The molecule has 8 nitrogen and oxygen atoms in total. The first kappa shape index (κ1) is 23.3. The molecule has 0 saturated heterocycles. The summed E-state index contributed by atoms with van der Waals surface area (Å²) < 4.78 is 49.5. The summed E-state index contributed by atoms with van der Waals surface area (Å²) in [6, 6.07) is 14.6. The van der Waals surface area contributed by atoms with Gasteiger partial charge in [0, 0.05) is 17.2 Å². The topological polar surface area (TPSA) is 103 Å². The van der Waals surface area contributed by atoms with Gasteiger partial charge in [-0.25, -0.2) is 5.43 Å². The zero-order valence-electron chi connectivity index (χ0n) is 17.0. The van der Waals surface area contributed by atoms with E-state index >= 15 is 0 Å². The molecule has 0 bridgehead atoms. The standard InChI is InChI=1S/C22H16F3N3O5/c1-32-17-8-10-19(15(11-17)13-26-27-21(29)14-5-3-2-4-6-14)33-20-9-7-16(22(23,24)25)12-18(20)28(30)31/h2-13H,1H3,(H,27,29)/b26-13-. The van der Waals surface area contributed by atoms with E-state index in [0.29, 0.717) is 23.4 Å². The van der Waals surface area contributed by atoms with Crippen molar-refractivity contribution in [1.82, 2.24) is 5.43 Å². The summed E-state index contributed by atoms with van der Waals surface area (Å²) in [5.41, 5.74) is 0.911. The maximum absolute atomic E-state index is 12.9. The van der Waals surface area contributed by atoms with Crippen LogP contribution in [0.1, 0.15) is 21.5 Å². The Morgan fingerprint density at radius 2 is 1.76 bits per heavy atom. The molecule has 0 spiro atoms. The highest BCUT2D eigenvalue weighted by atomic mass is 19.4. The number of halogens is 3. The van der Waals surface area contributed by atoms with Crippen LogP contribution in [0, 0.1) is 10.1 Å². The highest BCUT2D eigenvalue weighted by molar-refractivity contribution is 5.95. The summed E-state index contributed by atoms with van der Waals surface area (Å²) in [4.78, 5) is 22.5. The largest absolute Gasteiger partial charge is 0.497 e. The second kappa shape index (κ2) is 9.81. The molecule has 0 heterocycles. The van der Waals surface area contributed by atoms with Crippen LogP contribution in [-0.4, -0.2) is 24.2 Å². The van der Waals surface area contributed by atoms with Gasteiger partial charge in [-0.3, -0.25) is 14.9 Å². The molecule has 0 radical (unpaired) electrons. The lowest BCUT2D eigenvalue weighted by atomic mass is 10.1. The minimum atomic E-state index is -4.75. The number of ether oxygens (including phenoxy) is 2. The molecule has 33 heavy (non-hydrogen) atoms. The lowest BCUT2D eigenvalue weighted by Gasteiger charge is -2.12. The van der Waals surface area contributed by atoms with Crippen molar-refractivity contribution in [3.05, 3.63) is 93.5 Å². The highest BCUT2D eigenvalue weighted by Crippen LogP contribution is 2.38. The molecular formula is C22H16F3N3O5. The number of alkyl halides is 3. The summed E-state index contributed by atoms with van der Waals surface area (Å²) >= 11 is 0. The Labute approximate surface area is 185 Å². The van der Waals surface area contributed by atoms with Crippen LogP contribution in [0.4, 0.5) is 18.9 Å². The van der Waals surface area contributed by atoms with Gasteiger partial charge >= 0.3 is 11.9 Å². The first-order valence-electron chi connectivity index (χ1n) is 9.29. The maximum Gasteiger partial charge on any atom is 0.416 e. The Hall–Kier alpha value is -4.41. The summed E-state index contributed by atoms with van der Waals surface area (Å²) in [5.74, 6) is -0.451. The third-order valence-corrected chi connectivity index (χ3v) is 4.33. The van der Waals surface area contributed by atoms with E-state index in [2.05, 4.69) is 10.5 Å². The number of hydrogen-bond acceptors (Lipinski definition) is 6. The molecule has 0 aliphatic rings. The minimum absolute atomic E-state index is 0.0383. The van der Waals surface area contributed by atoms with Gasteiger partial charge in [-0.15, -0.1) is 0 Å². The van der Waals surface area contributed by atoms with E-state index in [1.54, 1.807) is 30.3 Å². The van der Waals surface area contributed by atoms with Gasteiger partial charge in [-0.2, -0.15) is 18.3 Å². The zero-order chi connectivity index (χ0) is 24.0. The van der Waals surface area contributed by atoms with Gasteiger partial charge < -0.3 is 9.47 Å². The zero-order valence-corrected chi connectivity index (χ0v) is 17.0. The molecule has 0 aliphatic carbocycles. The first-order chi connectivity index (χ1) is 15.7. The van der Waals surface area contributed by atoms with E-state index in [1.807, 2.05) is 0 Å². The average Bonchev–Trinajstić information content (AvgIpc) is 2.79. The van der Waals surface area contributed by atoms with Crippen LogP contribution in [0.3, 0.4) is 0 Å². The number of hydrogen-bond donors (Lipinski definition) is 1. The van der Waals surface area contributed by atoms with Crippen molar-refractivity contribution in [2.24, 2.45) is 5.10 Å². The fourth-order valence-electron chi connectivity index (χ4n) is 2.70. The van der Waals surface area contributed by atoms with Crippen LogP contribution in [-0.2, 0) is 6.18 Å². The molecule has 3 aromatic rings. The molecule has 1 amide bonds. The van der Waals surface area contributed by atoms with Gasteiger partial charge in [0.25, 0.3) is 5.91 Å². The van der Waals surface area contributed by atoms with E-state index < -0.39 is 34.0 Å². The molecule has 0 aliphatic heterocycles. The molecule has 0 saturated carbocycles. The Balaban J connectivity index is 1.90. The van der Waals surface area contributed by atoms with Crippen LogP contribution < -0.4 is 14.9 Å². The van der Waals surface area contributed by atoms with Crippen molar-refractivity contribution in [2.45, 2.75) is 6.18 Å². The fourth-order valence-corrected chi connectivity index (χ4v) is 2.70. The summed E-state index contributed by atoms with van der Waals surface area (Å²) in [5, 5.41) is 15.2. The third kappa shape index (κ3) is 5.85. The van der Waals surface area contributed by atoms with Crippen molar-refractivity contribution in [2.75, 3.05) is 7.11 Å². The van der Waals surface area contributed by atoms with Gasteiger partial charge in [0.05, 0.1) is 23.8 Å². The Morgan fingerprint density at radius 3 is 2.39 bits per heavy atom. The molecule has 3 aromatic carbocycles. The second-order valence-corrected chi connectivity index (χ2v) is 6.51. The van der Waals surface area contributed by atoms with Crippen molar-refractivity contribution in [3.8, 4) is 17.2 Å². The smallest absolute Gasteiger partial charge is 0.416 e. The normalized spacial score (nSPS) is 11.3. The quantitative estimate of drug-likeness (QED) is 0.298. The number of rotatable bonds is 7. The van der Waals surface area contributed by atoms with Gasteiger partial charge in [0.15, 0.2) is 0 Å². The SMILES string of the molecule is COc1ccc(Oc2ccc(C(F)(F)F)cc2[N+](=O)[O-])c(/C=N\NC(=O)c2ccccc2)c1. The highest BCUT2D eigenvalue weighted by Gasteiger charge is 2.33. The molecule has 3 rings (SSSR count). The van der Waals surface area contributed by atoms with E-state index in [-0.39, 0.29) is 11.3 Å². The third-order valence-electron chi connectivity index (χ3n) is 4.33. The number of amides is 1. The second-order valence-electron chi connectivity index (χ2n) is 6.51. The predicted octanol–water partition coefficient (Wildman–Crippen LogP) is 5.18. The molecule has 170 valence electrons. The van der Waals surface area contributed by atoms with Crippen LogP contribution in [0.2, 0.25) is 0 Å². The number of nitrogens with one attached hydrogen (secondary N) is 1. The van der Waals surface area contributed by atoms with Gasteiger partial charge in [-0.05, 0) is 42.5 Å². The lowest BCUT2D eigenvalue weighted by molar-refractivity contribution is -0.385. The minimum Gasteiger partial charge on any atom is -0.497 e. The van der Waals surface area contributed by atoms with Gasteiger partial charge in [0.1, 0.15) is 11.5 Å². The molecule has 1 N–H and O–H groups in total. The Kier molecular flexibility index (Phi) is 6.91. The number of benzene rings is 3. The van der Waals surface area contributed by atoms with Crippen LogP contribution in [0.5, 0.6) is 17.2 Å². The summed E-state index contributed by atoms with van der Waals surface area (Å²) in [7, 11) is 1.41. The van der Waals surface area contributed by atoms with Crippen LogP contribution in [0.25, 0.3) is 0 Å². The average molecular weight is 459 g/mol. The molecule has 0 fully saturated rings. The van der Waals surface area contributed by atoms with E-state index in [1.165, 1.54) is 31.5 Å². The van der Waals surface area contributed by atoms with Crippen LogP contribution >= 0.6 is 0 Å². The summed E-state index contributed by atoms with van der Waals surface area (Å²) in [6.45, 7) is 0. The van der Waals surface area contributed by atoms with Crippen molar-refractivity contribution >= 4 is 17.8 Å². The lowest BCUT2D eigenvalue weighted by Crippen LogP contribution is -2.17. The number of carbonyl (C=O) groups is 1. The fraction of sp³-hybridized carbons (Fsp3) is 0.0909. The van der Waals surface area contributed by atoms with Gasteiger partial charge in [-0.1, -0.05) is 18.2 Å². The Morgan fingerprint density at radius 1 is 1.06 bits per heavy atom. The number of nitro groups is 1. The first-order valence-corrected chi connectivity index (χ1v) is 9.29. The van der Waals surface area contributed by atoms with E-state index in [9.17, 15) is 28.1 Å². The maximum atomic E-state index is 12.9. The predicted molar refractivity (Wildman–Crippen MR) is 113 cm³/mol. The van der Waals surface area contributed by atoms with E-state index in [4.69, 9.17) is 9.47 Å². The number of methoxy groups -OCH3 is 1. The number of nitro benzene ring substituents is 1. The molecule has 0 unspecified atom stereocenters. The van der Waals surface area contributed by atoms with Crippen molar-refractivity contribution in [3.63, 3.8) is 0 Å². The molecule has 0 atom stereocenters. The van der Waals surface area contributed by atoms with Crippen molar-refractivity contribution < 1.29 is 32.4 Å². The number of carbonyl (C=O) groups excluding carboxylic acids is 1. The number of nitrogens with zero attached hydrogens (tertiary/aromatic N) is 2. The van der Waals surface area contributed by atoms with E-state index in [0.717, 1.165) is 6.07 Å². The summed E-state index contributed by atoms with van der Waals surface area (Å²) in [6.07, 6.45) is -3.53. The molecule has 11 heteroatoms. The molecule has 0 aromatic heterocycles. The van der Waals surface area contributed by atoms with Crippen LogP contribution in [0.15, 0.2) is 71.8 Å².